The van der Waals surface area contributed by atoms with Crippen molar-refractivity contribution in [1.29, 1.82) is 0 Å². The van der Waals surface area contributed by atoms with Gasteiger partial charge in [-0.15, -0.1) is 0 Å². The summed E-state index contributed by atoms with van der Waals surface area (Å²) in [6, 6.07) is 16.9. The fourth-order valence-electron chi connectivity index (χ4n) is 2.87. The molecule has 2 aromatic heterocycles. The number of hydrogen-bond donors (Lipinski definition) is 2. The van der Waals surface area contributed by atoms with Crippen LogP contribution in [0.15, 0.2) is 60.8 Å². The van der Waals surface area contributed by atoms with Crippen LogP contribution in [-0.2, 0) is 0 Å². The van der Waals surface area contributed by atoms with Gasteiger partial charge in [0, 0.05) is 22.5 Å². The van der Waals surface area contributed by atoms with E-state index in [1.54, 1.807) is 12.1 Å². The van der Waals surface area contributed by atoms with Crippen molar-refractivity contribution in [3.63, 3.8) is 0 Å². The topological polar surface area (TPSA) is 66.0 Å². The Kier molecular flexibility index (Phi) is 3.35. The minimum atomic E-state index is -0.949. The number of para-hydroxylation sites is 2. The molecule has 0 saturated carbocycles. The molecule has 0 unspecified atom stereocenters. The number of fused-ring (bicyclic) bond motifs is 2. The van der Waals surface area contributed by atoms with E-state index in [0.29, 0.717) is 16.6 Å². The maximum Gasteiger partial charge on any atom is 0.336 e. The Balaban J connectivity index is 1.80. The lowest BCUT2D eigenvalue weighted by molar-refractivity contribution is 0.0699. The third kappa shape index (κ3) is 2.44. The van der Waals surface area contributed by atoms with Crippen LogP contribution in [0.3, 0.4) is 0 Å². The lowest BCUT2D eigenvalue weighted by Crippen LogP contribution is -2.00. The van der Waals surface area contributed by atoms with Crippen LogP contribution in [0.1, 0.15) is 21.6 Å². The van der Waals surface area contributed by atoms with Crippen molar-refractivity contribution in [3.8, 4) is 0 Å². The number of aromatic nitrogens is 2. The molecule has 0 atom stereocenters. The minimum Gasteiger partial charge on any atom is -0.478 e. The van der Waals surface area contributed by atoms with E-state index in [1.807, 2.05) is 60.8 Å². The predicted molar refractivity (Wildman–Crippen MR) is 95.9 cm³/mol. The van der Waals surface area contributed by atoms with Crippen molar-refractivity contribution in [1.82, 2.24) is 9.97 Å². The van der Waals surface area contributed by atoms with E-state index >= 15 is 0 Å². The summed E-state index contributed by atoms with van der Waals surface area (Å²) in [5.74, 6) is -0.949. The standard InChI is InChI=1S/C20H14N2O2/c23-20(24)17-11-14(22-19-8-4-2-6-16(17)19)10-9-13-12-21-18-7-3-1-5-15(13)18/h1-12,21H,(H,23,24)/b10-9+. The molecule has 0 radical (unpaired) electrons. The van der Waals surface area contributed by atoms with Crippen LogP contribution in [0.25, 0.3) is 34.0 Å². The molecule has 2 aromatic carbocycles. The summed E-state index contributed by atoms with van der Waals surface area (Å²) in [5, 5.41) is 11.2. The smallest absolute Gasteiger partial charge is 0.336 e. The van der Waals surface area contributed by atoms with Gasteiger partial charge in [-0.05, 0) is 29.8 Å². The van der Waals surface area contributed by atoms with Crippen LogP contribution in [0, 0.1) is 0 Å². The third-order valence-corrected chi connectivity index (χ3v) is 4.02. The van der Waals surface area contributed by atoms with E-state index in [-0.39, 0.29) is 5.56 Å². The number of pyridine rings is 1. The van der Waals surface area contributed by atoms with Gasteiger partial charge >= 0.3 is 5.97 Å². The molecule has 4 rings (SSSR count). The number of rotatable bonds is 3. The van der Waals surface area contributed by atoms with Crippen LogP contribution in [-0.4, -0.2) is 21.0 Å². The van der Waals surface area contributed by atoms with Crippen molar-refractivity contribution in [2.24, 2.45) is 0 Å². The first-order valence-corrected chi connectivity index (χ1v) is 7.60. The van der Waals surface area contributed by atoms with Crippen LogP contribution in [0.5, 0.6) is 0 Å². The van der Waals surface area contributed by atoms with Gasteiger partial charge in [0.15, 0.2) is 0 Å². The highest BCUT2D eigenvalue weighted by molar-refractivity contribution is 6.03. The van der Waals surface area contributed by atoms with Gasteiger partial charge in [0.2, 0.25) is 0 Å². The number of aromatic carboxylic acids is 1. The summed E-state index contributed by atoms with van der Waals surface area (Å²) in [6.45, 7) is 0. The highest BCUT2D eigenvalue weighted by atomic mass is 16.4. The number of aromatic amines is 1. The molecule has 0 aliphatic rings. The quantitative estimate of drug-likeness (QED) is 0.581. The molecule has 4 aromatic rings. The van der Waals surface area contributed by atoms with E-state index in [1.165, 1.54) is 0 Å². The van der Waals surface area contributed by atoms with Gasteiger partial charge in [0.1, 0.15) is 0 Å². The number of carbonyl (C=O) groups is 1. The zero-order chi connectivity index (χ0) is 16.5. The molecule has 0 bridgehead atoms. The van der Waals surface area contributed by atoms with Crippen molar-refractivity contribution >= 4 is 39.9 Å². The van der Waals surface area contributed by atoms with Gasteiger partial charge < -0.3 is 10.1 Å². The Morgan fingerprint density at radius 1 is 1.00 bits per heavy atom. The molecule has 116 valence electrons. The Morgan fingerprint density at radius 2 is 1.75 bits per heavy atom. The molecule has 0 amide bonds. The summed E-state index contributed by atoms with van der Waals surface area (Å²) >= 11 is 0. The minimum absolute atomic E-state index is 0.263. The second-order valence-corrected chi connectivity index (χ2v) is 5.54. The predicted octanol–water partition coefficient (Wildman–Crippen LogP) is 4.58. The van der Waals surface area contributed by atoms with Gasteiger partial charge in [-0.25, -0.2) is 9.78 Å². The molecule has 24 heavy (non-hydrogen) atoms. The molecule has 4 heteroatoms. The van der Waals surface area contributed by atoms with Crippen LogP contribution < -0.4 is 0 Å². The highest BCUT2D eigenvalue weighted by Gasteiger charge is 2.10. The van der Waals surface area contributed by atoms with Crippen molar-refractivity contribution in [2.75, 3.05) is 0 Å². The molecule has 0 fully saturated rings. The Bertz CT molecular complexity index is 1090. The molecule has 0 aliphatic carbocycles. The Morgan fingerprint density at radius 3 is 2.58 bits per heavy atom. The van der Waals surface area contributed by atoms with Gasteiger partial charge in [0.05, 0.1) is 16.8 Å². The van der Waals surface area contributed by atoms with Gasteiger partial charge in [0.25, 0.3) is 0 Å². The van der Waals surface area contributed by atoms with Crippen LogP contribution in [0.2, 0.25) is 0 Å². The van der Waals surface area contributed by atoms with E-state index in [2.05, 4.69) is 9.97 Å². The molecule has 4 nitrogen and oxygen atoms in total. The maximum atomic E-state index is 11.5. The lowest BCUT2D eigenvalue weighted by atomic mass is 10.1. The summed E-state index contributed by atoms with van der Waals surface area (Å²) < 4.78 is 0. The van der Waals surface area contributed by atoms with Gasteiger partial charge in [-0.2, -0.15) is 0 Å². The molecule has 2 N–H and O–H groups in total. The average Bonchev–Trinajstić information content (AvgIpc) is 3.02. The van der Waals surface area contributed by atoms with E-state index in [4.69, 9.17) is 0 Å². The number of H-pyrrole nitrogens is 1. The van der Waals surface area contributed by atoms with E-state index < -0.39 is 5.97 Å². The number of nitrogens with one attached hydrogen (secondary N) is 1. The van der Waals surface area contributed by atoms with E-state index in [9.17, 15) is 9.90 Å². The molecular weight excluding hydrogens is 300 g/mol. The fraction of sp³-hybridized carbons (Fsp3) is 0. The number of carboxylic acid groups (broad SMARTS) is 1. The summed E-state index contributed by atoms with van der Waals surface area (Å²) in [5.41, 5.74) is 3.67. The zero-order valence-electron chi connectivity index (χ0n) is 12.7. The van der Waals surface area contributed by atoms with Crippen molar-refractivity contribution in [3.05, 3.63) is 77.6 Å². The van der Waals surface area contributed by atoms with Gasteiger partial charge in [-0.3, -0.25) is 0 Å². The molecule has 2 heterocycles. The highest BCUT2D eigenvalue weighted by Crippen LogP contribution is 2.22. The zero-order valence-corrected chi connectivity index (χ0v) is 12.7. The first kappa shape index (κ1) is 14.2. The first-order valence-electron chi connectivity index (χ1n) is 7.60. The van der Waals surface area contributed by atoms with Gasteiger partial charge in [-0.1, -0.05) is 42.5 Å². The van der Waals surface area contributed by atoms with Crippen LogP contribution in [0.4, 0.5) is 0 Å². The molecule has 0 spiro atoms. The molecular formula is C20H14N2O2. The number of hydrogen-bond acceptors (Lipinski definition) is 2. The van der Waals surface area contributed by atoms with Crippen molar-refractivity contribution < 1.29 is 9.90 Å². The monoisotopic (exact) mass is 314 g/mol. The second-order valence-electron chi connectivity index (χ2n) is 5.54. The summed E-state index contributed by atoms with van der Waals surface area (Å²) in [6.07, 6.45) is 5.72. The summed E-state index contributed by atoms with van der Waals surface area (Å²) in [4.78, 5) is 19.3. The average molecular weight is 314 g/mol. The fourth-order valence-corrected chi connectivity index (χ4v) is 2.87. The largest absolute Gasteiger partial charge is 0.478 e. The van der Waals surface area contributed by atoms with E-state index in [0.717, 1.165) is 16.5 Å². The molecule has 0 aliphatic heterocycles. The number of nitrogens with zero attached hydrogens (tertiary/aromatic N) is 1. The Labute approximate surface area is 138 Å². The third-order valence-electron chi connectivity index (χ3n) is 4.02. The summed E-state index contributed by atoms with van der Waals surface area (Å²) in [7, 11) is 0. The van der Waals surface area contributed by atoms with Crippen molar-refractivity contribution in [2.45, 2.75) is 0 Å². The number of benzene rings is 2. The normalized spacial score (nSPS) is 11.5. The Hall–Kier alpha value is -3.40. The SMILES string of the molecule is O=C(O)c1cc(/C=C/c2c[nH]c3ccccc23)nc2ccccc12. The van der Waals surface area contributed by atoms with Crippen LogP contribution >= 0.6 is 0 Å². The first-order chi connectivity index (χ1) is 11.7. The lowest BCUT2D eigenvalue weighted by Gasteiger charge is -2.04. The molecule has 0 saturated heterocycles. The second kappa shape index (κ2) is 5.66. The maximum absolute atomic E-state index is 11.5. The number of carboxylic acids is 1.